The predicted octanol–water partition coefficient (Wildman–Crippen LogP) is 3.17. The van der Waals surface area contributed by atoms with Crippen LogP contribution in [0.2, 0.25) is 0 Å². The first-order valence-corrected chi connectivity index (χ1v) is 8.36. The minimum atomic E-state index is -0.262. The van der Waals surface area contributed by atoms with Crippen molar-refractivity contribution in [1.29, 1.82) is 10.5 Å². The summed E-state index contributed by atoms with van der Waals surface area (Å²) in [5, 5.41) is 28.1. The minimum absolute atomic E-state index is 0.0243. The molecule has 0 saturated heterocycles. The number of fused-ring (bicyclic) bond motifs is 1. The number of phenols is 1. The minimum Gasteiger partial charge on any atom is -0.507 e. The molecular formula is C21H17N3O3. The fourth-order valence-electron chi connectivity index (χ4n) is 2.93. The van der Waals surface area contributed by atoms with Gasteiger partial charge in [-0.3, -0.25) is 9.69 Å². The van der Waals surface area contributed by atoms with Crippen LogP contribution in [0.4, 0.5) is 0 Å². The van der Waals surface area contributed by atoms with E-state index < -0.39 is 0 Å². The normalized spacial score (nSPS) is 13.9. The van der Waals surface area contributed by atoms with E-state index in [2.05, 4.69) is 0 Å². The van der Waals surface area contributed by atoms with Crippen molar-refractivity contribution in [1.82, 2.24) is 4.90 Å². The molecule has 134 valence electrons. The van der Waals surface area contributed by atoms with Crippen molar-refractivity contribution in [2.24, 2.45) is 0 Å². The van der Waals surface area contributed by atoms with E-state index in [4.69, 9.17) is 15.3 Å². The number of nitrogens with zero attached hydrogens (tertiary/aromatic N) is 3. The second-order valence-corrected chi connectivity index (χ2v) is 6.20. The van der Waals surface area contributed by atoms with Gasteiger partial charge in [0.25, 0.3) is 0 Å². The van der Waals surface area contributed by atoms with Crippen LogP contribution < -0.4 is 4.74 Å². The highest BCUT2D eigenvalue weighted by atomic mass is 16.5. The molecular weight excluding hydrogens is 342 g/mol. The van der Waals surface area contributed by atoms with E-state index in [0.29, 0.717) is 11.1 Å². The first-order chi connectivity index (χ1) is 13.0. The summed E-state index contributed by atoms with van der Waals surface area (Å²) in [5.41, 5.74) is 2.63. The Balaban J connectivity index is 1.98. The number of ether oxygens (including phenoxy) is 1. The summed E-state index contributed by atoms with van der Waals surface area (Å²) in [5.74, 6) is 0.153. The molecule has 0 unspecified atom stereocenters. The van der Waals surface area contributed by atoms with Gasteiger partial charge >= 0.3 is 0 Å². The number of carbonyl (C=O) groups is 1. The number of benzene rings is 2. The fraction of sp³-hybridized carbons (Fsp3) is 0.190. The van der Waals surface area contributed by atoms with Crippen molar-refractivity contribution in [3.63, 3.8) is 0 Å². The van der Waals surface area contributed by atoms with E-state index in [1.807, 2.05) is 43.3 Å². The fourth-order valence-corrected chi connectivity index (χ4v) is 2.93. The van der Waals surface area contributed by atoms with Gasteiger partial charge in [-0.1, -0.05) is 24.3 Å². The summed E-state index contributed by atoms with van der Waals surface area (Å²) < 4.78 is 5.81. The first kappa shape index (κ1) is 18.2. The molecule has 0 aromatic heterocycles. The SMILES string of the molecule is Cc1ccccc1/C=C1/Oc2c(ccc(O)c2CN(CC#N)CC#N)C1=O. The third-order valence-electron chi connectivity index (χ3n) is 4.36. The smallest absolute Gasteiger partial charge is 0.231 e. The molecule has 3 rings (SSSR count). The van der Waals surface area contributed by atoms with E-state index in [0.717, 1.165) is 11.1 Å². The number of aromatic hydroxyl groups is 1. The standard InChI is InChI=1S/C21H17N3O3/c1-14-4-2-3-5-15(14)12-19-20(26)16-6-7-18(25)17(21(16)27-19)13-24(10-8-22)11-9-23/h2-7,12,25H,10-11,13H2,1H3/b19-12+. The monoisotopic (exact) mass is 359 g/mol. The Bertz CT molecular complexity index is 996. The molecule has 0 amide bonds. The van der Waals surface area contributed by atoms with E-state index in [-0.39, 0.29) is 42.7 Å². The molecule has 1 aliphatic heterocycles. The van der Waals surface area contributed by atoms with E-state index in [9.17, 15) is 9.90 Å². The molecule has 0 atom stereocenters. The van der Waals surface area contributed by atoms with Gasteiger partial charge in [0.05, 0.1) is 36.4 Å². The van der Waals surface area contributed by atoms with Crippen LogP contribution in [0, 0.1) is 29.6 Å². The average molecular weight is 359 g/mol. The maximum absolute atomic E-state index is 12.7. The summed E-state index contributed by atoms with van der Waals surface area (Å²) in [4.78, 5) is 14.3. The van der Waals surface area contributed by atoms with Crippen molar-refractivity contribution in [3.8, 4) is 23.6 Å². The van der Waals surface area contributed by atoms with E-state index >= 15 is 0 Å². The Morgan fingerprint density at radius 3 is 2.52 bits per heavy atom. The van der Waals surface area contributed by atoms with Gasteiger partial charge in [-0.25, -0.2) is 0 Å². The molecule has 6 heteroatoms. The molecule has 27 heavy (non-hydrogen) atoms. The summed E-state index contributed by atoms with van der Waals surface area (Å²) in [6.07, 6.45) is 1.68. The van der Waals surface area contributed by atoms with Gasteiger partial charge in [-0.05, 0) is 36.3 Å². The lowest BCUT2D eigenvalue weighted by Crippen LogP contribution is -2.24. The van der Waals surface area contributed by atoms with Crippen molar-refractivity contribution in [2.45, 2.75) is 13.5 Å². The molecule has 0 fully saturated rings. The quantitative estimate of drug-likeness (QED) is 0.650. The number of hydrogen-bond donors (Lipinski definition) is 1. The molecule has 0 bridgehead atoms. The maximum atomic E-state index is 12.7. The molecule has 1 aliphatic rings. The number of aryl methyl sites for hydroxylation is 1. The highest BCUT2D eigenvalue weighted by molar-refractivity contribution is 6.15. The number of Topliss-reactive ketones (excluding diaryl/α,β-unsaturated/α-hetero) is 1. The van der Waals surface area contributed by atoms with Gasteiger partial charge in [0.1, 0.15) is 11.5 Å². The number of carbonyl (C=O) groups excluding carboxylic acids is 1. The van der Waals surface area contributed by atoms with Crippen LogP contribution in [-0.2, 0) is 6.54 Å². The molecule has 0 radical (unpaired) electrons. The largest absolute Gasteiger partial charge is 0.507 e. The lowest BCUT2D eigenvalue weighted by molar-refractivity contribution is 0.101. The molecule has 2 aromatic carbocycles. The van der Waals surface area contributed by atoms with Crippen LogP contribution in [-0.4, -0.2) is 28.9 Å². The molecule has 1 N–H and O–H groups in total. The summed E-state index contributed by atoms with van der Waals surface area (Å²) in [7, 11) is 0. The Morgan fingerprint density at radius 2 is 1.85 bits per heavy atom. The zero-order chi connectivity index (χ0) is 19.4. The molecule has 0 aliphatic carbocycles. The highest BCUT2D eigenvalue weighted by Crippen LogP contribution is 2.40. The number of nitriles is 2. The van der Waals surface area contributed by atoms with Gasteiger partial charge < -0.3 is 9.84 Å². The second-order valence-electron chi connectivity index (χ2n) is 6.20. The Kier molecular flexibility index (Phi) is 5.21. The molecule has 2 aromatic rings. The van der Waals surface area contributed by atoms with Gasteiger partial charge in [-0.15, -0.1) is 0 Å². The van der Waals surface area contributed by atoms with Crippen molar-refractivity contribution < 1.29 is 14.6 Å². The van der Waals surface area contributed by atoms with Gasteiger partial charge in [-0.2, -0.15) is 10.5 Å². The predicted molar refractivity (Wildman–Crippen MR) is 98.7 cm³/mol. The zero-order valence-corrected chi connectivity index (χ0v) is 14.8. The number of allylic oxidation sites excluding steroid dienone is 1. The van der Waals surface area contributed by atoms with Gasteiger partial charge in [0, 0.05) is 6.54 Å². The summed E-state index contributed by atoms with van der Waals surface area (Å²) >= 11 is 0. The lowest BCUT2D eigenvalue weighted by atomic mass is 10.0. The molecule has 0 spiro atoms. The van der Waals surface area contributed by atoms with Crippen LogP contribution in [0.5, 0.6) is 11.5 Å². The third kappa shape index (κ3) is 3.67. The second kappa shape index (κ2) is 7.74. The lowest BCUT2D eigenvalue weighted by Gasteiger charge is -2.17. The highest BCUT2D eigenvalue weighted by Gasteiger charge is 2.31. The Labute approximate surface area is 157 Å². The van der Waals surface area contributed by atoms with Crippen molar-refractivity contribution >= 4 is 11.9 Å². The first-order valence-electron chi connectivity index (χ1n) is 8.36. The number of phenolic OH excluding ortho intramolecular Hbond substituents is 1. The summed E-state index contributed by atoms with van der Waals surface area (Å²) in [6, 6.07) is 14.6. The number of ketones is 1. The van der Waals surface area contributed by atoms with Gasteiger partial charge in [0.2, 0.25) is 5.78 Å². The van der Waals surface area contributed by atoms with Gasteiger partial charge in [0.15, 0.2) is 5.76 Å². The average Bonchev–Trinajstić information content (AvgIpc) is 2.96. The van der Waals surface area contributed by atoms with Crippen molar-refractivity contribution in [3.05, 3.63) is 64.4 Å². The van der Waals surface area contributed by atoms with Crippen LogP contribution in [0.25, 0.3) is 6.08 Å². The van der Waals surface area contributed by atoms with E-state index in [1.54, 1.807) is 11.0 Å². The maximum Gasteiger partial charge on any atom is 0.231 e. The third-order valence-corrected chi connectivity index (χ3v) is 4.36. The summed E-state index contributed by atoms with van der Waals surface area (Å²) in [6.45, 7) is 2.12. The van der Waals surface area contributed by atoms with Crippen LogP contribution >= 0.6 is 0 Å². The van der Waals surface area contributed by atoms with Crippen LogP contribution in [0.1, 0.15) is 27.0 Å². The molecule has 1 heterocycles. The zero-order valence-electron chi connectivity index (χ0n) is 14.8. The Hall–Kier alpha value is -3.61. The Morgan fingerprint density at radius 1 is 1.15 bits per heavy atom. The van der Waals surface area contributed by atoms with Crippen LogP contribution in [0.3, 0.4) is 0 Å². The topological polar surface area (TPSA) is 97.3 Å². The molecule has 6 nitrogen and oxygen atoms in total. The van der Waals surface area contributed by atoms with E-state index in [1.165, 1.54) is 12.1 Å². The number of hydrogen-bond acceptors (Lipinski definition) is 6. The van der Waals surface area contributed by atoms with Crippen molar-refractivity contribution in [2.75, 3.05) is 13.1 Å². The van der Waals surface area contributed by atoms with Crippen LogP contribution in [0.15, 0.2) is 42.2 Å². The number of rotatable bonds is 5. The molecule has 0 saturated carbocycles.